The lowest BCUT2D eigenvalue weighted by molar-refractivity contribution is 0.282. The van der Waals surface area contributed by atoms with Gasteiger partial charge in [0.25, 0.3) is 0 Å². The van der Waals surface area contributed by atoms with E-state index in [9.17, 15) is 0 Å². The number of benzene rings is 4. The van der Waals surface area contributed by atoms with Crippen molar-refractivity contribution in [3.8, 4) is 17.2 Å². The molecule has 50 heavy (non-hydrogen) atoms. The third-order valence-electron chi connectivity index (χ3n) is 8.25. The summed E-state index contributed by atoms with van der Waals surface area (Å²) in [6.07, 6.45) is 4.82. The first-order valence-electron chi connectivity index (χ1n) is 16.1. The summed E-state index contributed by atoms with van der Waals surface area (Å²) in [5, 5.41) is 8.83. The number of rotatable bonds is 13. The molecule has 0 saturated carbocycles. The van der Waals surface area contributed by atoms with Gasteiger partial charge in [0.2, 0.25) is 17.8 Å². The number of nitrogens with one attached hydrogen (secondary N) is 2. The molecule has 5 aromatic rings. The van der Waals surface area contributed by atoms with Gasteiger partial charge in [-0.3, -0.25) is 0 Å². The van der Waals surface area contributed by atoms with Gasteiger partial charge in [0.15, 0.2) is 11.5 Å². The topological polar surface area (TPSA) is 106 Å². The Morgan fingerprint density at radius 3 is 2.38 bits per heavy atom. The van der Waals surface area contributed by atoms with Gasteiger partial charge in [0, 0.05) is 34.4 Å². The standard InChI is InChI=1S/C37H36BrCl2N7O3/c1-48-30-12-10-29(11-13-30)42-35-43-36(45-37(44-35)47-16-14-25(15-17-47)18-24-6-4-3-5-7-24)46-41-22-26-19-31(38)34(33(20-26)49-2)50-23-27-8-9-28(39)21-32(27)40/h3-13,19-22,25H,14-18,23H2,1-2H3,(H2,42,43,44,45,46)/b41-22+. The summed E-state index contributed by atoms with van der Waals surface area (Å²) in [6, 6.07) is 27.2. The van der Waals surface area contributed by atoms with Crippen LogP contribution in [0.5, 0.6) is 17.2 Å². The Balaban J connectivity index is 1.17. The van der Waals surface area contributed by atoms with Crippen LogP contribution >= 0.6 is 39.1 Å². The van der Waals surface area contributed by atoms with Gasteiger partial charge >= 0.3 is 0 Å². The van der Waals surface area contributed by atoms with Gasteiger partial charge in [-0.15, -0.1) is 0 Å². The zero-order chi connectivity index (χ0) is 34.9. The van der Waals surface area contributed by atoms with Crippen molar-refractivity contribution < 1.29 is 14.2 Å². The van der Waals surface area contributed by atoms with Crippen LogP contribution in [-0.4, -0.2) is 48.5 Å². The first-order chi connectivity index (χ1) is 24.4. The SMILES string of the molecule is COc1ccc(Nc2nc(N/N=C/c3cc(Br)c(OCc4ccc(Cl)cc4Cl)c(OC)c3)nc(N3CCC(Cc4ccccc4)CC3)n2)cc1. The summed E-state index contributed by atoms with van der Waals surface area (Å²) in [4.78, 5) is 16.3. The minimum atomic E-state index is 0.235. The van der Waals surface area contributed by atoms with Gasteiger partial charge in [0.1, 0.15) is 12.4 Å². The molecule has 1 aliphatic heterocycles. The molecule has 0 amide bonds. The monoisotopic (exact) mass is 775 g/mol. The van der Waals surface area contributed by atoms with E-state index in [2.05, 4.69) is 72.0 Å². The van der Waals surface area contributed by atoms with Crippen LogP contribution in [0.25, 0.3) is 0 Å². The minimum absolute atomic E-state index is 0.235. The molecule has 0 atom stereocenters. The van der Waals surface area contributed by atoms with Crippen LogP contribution in [0.15, 0.2) is 94.5 Å². The van der Waals surface area contributed by atoms with Crippen molar-refractivity contribution in [2.75, 3.05) is 43.0 Å². The fraction of sp³-hybridized carbons (Fsp3) is 0.243. The smallest absolute Gasteiger partial charge is 0.250 e. The maximum absolute atomic E-state index is 6.33. The molecule has 258 valence electrons. The summed E-state index contributed by atoms with van der Waals surface area (Å²) < 4.78 is 17.7. The Bertz CT molecular complexity index is 1930. The molecule has 1 saturated heterocycles. The molecule has 13 heteroatoms. The number of piperidine rings is 1. The molecule has 6 rings (SSSR count). The second kappa shape index (κ2) is 16.9. The lowest BCUT2D eigenvalue weighted by Gasteiger charge is -2.32. The Labute approximate surface area is 310 Å². The van der Waals surface area contributed by atoms with Crippen molar-refractivity contribution in [1.29, 1.82) is 0 Å². The quantitative estimate of drug-likeness (QED) is 0.0895. The molecule has 2 N–H and O–H groups in total. The first-order valence-corrected chi connectivity index (χ1v) is 17.6. The molecule has 0 unspecified atom stereocenters. The highest BCUT2D eigenvalue weighted by Crippen LogP contribution is 2.37. The summed E-state index contributed by atoms with van der Waals surface area (Å²) in [5.41, 5.74) is 6.74. The average Bonchev–Trinajstić information content (AvgIpc) is 3.12. The summed E-state index contributed by atoms with van der Waals surface area (Å²) in [7, 11) is 3.22. The minimum Gasteiger partial charge on any atom is -0.497 e. The van der Waals surface area contributed by atoms with Gasteiger partial charge in [0.05, 0.1) is 24.9 Å². The van der Waals surface area contributed by atoms with Crippen LogP contribution in [0, 0.1) is 5.92 Å². The van der Waals surface area contributed by atoms with E-state index in [1.54, 1.807) is 32.6 Å². The average molecular weight is 778 g/mol. The molecule has 10 nitrogen and oxygen atoms in total. The van der Waals surface area contributed by atoms with E-state index in [-0.39, 0.29) is 6.61 Å². The Morgan fingerprint density at radius 2 is 1.66 bits per heavy atom. The number of nitrogens with zero attached hydrogens (tertiary/aromatic N) is 5. The molecule has 0 bridgehead atoms. The molecule has 0 spiro atoms. The van der Waals surface area contributed by atoms with Gasteiger partial charge < -0.3 is 24.4 Å². The molecule has 1 aromatic heterocycles. The van der Waals surface area contributed by atoms with E-state index in [0.29, 0.717) is 49.8 Å². The predicted molar refractivity (Wildman–Crippen MR) is 204 cm³/mol. The van der Waals surface area contributed by atoms with Crippen LogP contribution in [0.1, 0.15) is 29.5 Å². The molecule has 2 heterocycles. The second-order valence-corrected chi connectivity index (χ2v) is 13.4. The van der Waals surface area contributed by atoms with Crippen LogP contribution < -0.4 is 29.9 Å². The van der Waals surface area contributed by atoms with Crippen molar-refractivity contribution in [2.24, 2.45) is 11.0 Å². The lowest BCUT2D eigenvalue weighted by atomic mass is 9.90. The van der Waals surface area contributed by atoms with Crippen molar-refractivity contribution >= 4 is 68.9 Å². The van der Waals surface area contributed by atoms with Crippen molar-refractivity contribution in [3.63, 3.8) is 0 Å². The Hall–Kier alpha value is -4.58. The Morgan fingerprint density at radius 1 is 0.900 bits per heavy atom. The Kier molecular flexibility index (Phi) is 11.9. The zero-order valence-corrected chi connectivity index (χ0v) is 30.7. The van der Waals surface area contributed by atoms with Crippen molar-refractivity contribution in [2.45, 2.75) is 25.9 Å². The fourth-order valence-corrected chi connectivity index (χ4v) is 6.64. The second-order valence-electron chi connectivity index (χ2n) is 11.7. The van der Waals surface area contributed by atoms with Gasteiger partial charge in [-0.25, -0.2) is 5.43 Å². The van der Waals surface area contributed by atoms with E-state index in [1.165, 1.54) is 5.56 Å². The maximum Gasteiger partial charge on any atom is 0.250 e. The molecule has 1 aliphatic rings. The molecule has 0 radical (unpaired) electrons. The van der Waals surface area contributed by atoms with E-state index < -0.39 is 0 Å². The highest BCUT2D eigenvalue weighted by atomic mass is 79.9. The third kappa shape index (κ3) is 9.35. The fourth-order valence-electron chi connectivity index (χ4n) is 5.61. The zero-order valence-electron chi connectivity index (χ0n) is 27.6. The van der Waals surface area contributed by atoms with Crippen LogP contribution in [0.2, 0.25) is 10.0 Å². The predicted octanol–water partition coefficient (Wildman–Crippen LogP) is 9.19. The highest BCUT2D eigenvalue weighted by molar-refractivity contribution is 9.10. The van der Waals surface area contributed by atoms with Crippen molar-refractivity contribution in [1.82, 2.24) is 15.0 Å². The van der Waals surface area contributed by atoms with Gasteiger partial charge in [-0.1, -0.05) is 59.6 Å². The van der Waals surface area contributed by atoms with E-state index >= 15 is 0 Å². The van der Waals surface area contributed by atoms with E-state index in [4.69, 9.17) is 47.4 Å². The van der Waals surface area contributed by atoms with Crippen molar-refractivity contribution in [3.05, 3.63) is 116 Å². The molecular weight excluding hydrogens is 741 g/mol. The number of anilines is 4. The van der Waals surface area contributed by atoms with Crippen LogP contribution in [0.3, 0.4) is 0 Å². The molecule has 1 fully saturated rings. The first kappa shape index (κ1) is 35.3. The summed E-state index contributed by atoms with van der Waals surface area (Å²) in [6.45, 7) is 1.93. The molecule has 0 aliphatic carbocycles. The van der Waals surface area contributed by atoms with E-state index in [0.717, 1.165) is 54.9 Å². The van der Waals surface area contributed by atoms with Gasteiger partial charge in [-0.2, -0.15) is 20.1 Å². The molecule has 4 aromatic carbocycles. The number of ether oxygens (including phenoxy) is 3. The summed E-state index contributed by atoms with van der Waals surface area (Å²) in [5.74, 6) is 3.71. The maximum atomic E-state index is 6.33. The number of hydrogen-bond donors (Lipinski definition) is 2. The highest BCUT2D eigenvalue weighted by Gasteiger charge is 2.23. The number of hydrogen-bond acceptors (Lipinski definition) is 10. The van der Waals surface area contributed by atoms with E-state index in [1.807, 2.05) is 42.5 Å². The molecular formula is C37H36BrCl2N7O3. The number of methoxy groups -OCH3 is 2. The number of halogens is 3. The largest absolute Gasteiger partial charge is 0.497 e. The number of hydrazone groups is 1. The normalized spacial score (nSPS) is 13.3. The lowest BCUT2D eigenvalue weighted by Crippen LogP contribution is -2.35. The van der Waals surface area contributed by atoms with Gasteiger partial charge in [-0.05, 0) is 101 Å². The van der Waals surface area contributed by atoms with Crippen LogP contribution in [0.4, 0.5) is 23.5 Å². The third-order valence-corrected chi connectivity index (χ3v) is 9.43. The summed E-state index contributed by atoms with van der Waals surface area (Å²) >= 11 is 16.0. The van der Waals surface area contributed by atoms with Crippen LogP contribution in [-0.2, 0) is 13.0 Å². The number of aromatic nitrogens is 3.